The maximum absolute atomic E-state index is 12.9. The normalized spacial score (nSPS) is 11.4. The maximum atomic E-state index is 12.9. The third kappa shape index (κ3) is 3.35. The van der Waals surface area contributed by atoms with E-state index in [2.05, 4.69) is 27.6 Å². The number of furan rings is 1. The van der Waals surface area contributed by atoms with Crippen LogP contribution in [0.4, 0.5) is 5.69 Å². The van der Waals surface area contributed by atoms with Crippen molar-refractivity contribution in [2.24, 2.45) is 12.0 Å². The first kappa shape index (κ1) is 18.5. The minimum Gasteiger partial charge on any atom is -0.455 e. The number of aromatic nitrogens is 2. The van der Waals surface area contributed by atoms with E-state index in [1.54, 1.807) is 10.9 Å². The van der Waals surface area contributed by atoms with Crippen molar-refractivity contribution < 1.29 is 4.42 Å². The summed E-state index contributed by atoms with van der Waals surface area (Å²) < 4.78 is 10.4. The molecule has 0 amide bonds. The van der Waals surface area contributed by atoms with E-state index in [4.69, 9.17) is 4.42 Å². The zero-order valence-corrected chi connectivity index (χ0v) is 17.6. The molecule has 2 aromatic carbocycles. The first-order chi connectivity index (χ1) is 13.6. The van der Waals surface area contributed by atoms with Gasteiger partial charge in [0.25, 0.3) is 5.56 Å². The number of para-hydroxylation sites is 1. The number of hydrogen-bond donors (Lipinski definition) is 0. The molecule has 0 saturated carbocycles. The molecular weight excluding hydrogens is 465 g/mol. The van der Waals surface area contributed by atoms with Crippen molar-refractivity contribution in [1.82, 2.24) is 9.36 Å². The molecule has 0 aliphatic heterocycles. The Morgan fingerprint density at radius 2 is 1.71 bits per heavy atom. The van der Waals surface area contributed by atoms with Gasteiger partial charge in [-0.2, -0.15) is 0 Å². The largest absolute Gasteiger partial charge is 0.455 e. The summed E-state index contributed by atoms with van der Waals surface area (Å²) in [6, 6.07) is 21.3. The van der Waals surface area contributed by atoms with Crippen LogP contribution in [0.3, 0.4) is 0 Å². The van der Waals surface area contributed by atoms with Gasteiger partial charge in [0.2, 0.25) is 0 Å². The van der Waals surface area contributed by atoms with Gasteiger partial charge >= 0.3 is 0 Å². The summed E-state index contributed by atoms with van der Waals surface area (Å²) in [6.07, 6.45) is 1.60. The van der Waals surface area contributed by atoms with Gasteiger partial charge < -0.3 is 4.42 Å². The van der Waals surface area contributed by atoms with Crippen LogP contribution in [0, 0.1) is 10.5 Å². The lowest BCUT2D eigenvalue weighted by molar-refractivity contribution is 0.575. The highest BCUT2D eigenvalue weighted by molar-refractivity contribution is 14.1. The first-order valence-electron chi connectivity index (χ1n) is 8.79. The van der Waals surface area contributed by atoms with Crippen LogP contribution in [-0.4, -0.2) is 15.6 Å². The van der Waals surface area contributed by atoms with Crippen molar-refractivity contribution in [3.05, 3.63) is 92.1 Å². The quantitative estimate of drug-likeness (QED) is 0.300. The SMILES string of the molecule is Cc1c(N=Cc2ccc(-c3ccccc3I)o2)c(=O)n(-c2ccccc2)n1C. The highest BCUT2D eigenvalue weighted by Gasteiger charge is 2.15. The van der Waals surface area contributed by atoms with Gasteiger partial charge in [-0.25, -0.2) is 9.67 Å². The van der Waals surface area contributed by atoms with Crippen LogP contribution in [0.1, 0.15) is 11.5 Å². The molecule has 28 heavy (non-hydrogen) atoms. The molecule has 0 saturated heterocycles. The van der Waals surface area contributed by atoms with E-state index in [1.165, 1.54) is 0 Å². The molecule has 0 atom stereocenters. The Morgan fingerprint density at radius 1 is 1.00 bits per heavy atom. The third-order valence-corrected chi connectivity index (χ3v) is 5.55. The highest BCUT2D eigenvalue weighted by Crippen LogP contribution is 2.26. The fourth-order valence-corrected chi connectivity index (χ4v) is 3.71. The predicted molar refractivity (Wildman–Crippen MR) is 120 cm³/mol. The van der Waals surface area contributed by atoms with Crippen LogP contribution >= 0.6 is 22.6 Å². The van der Waals surface area contributed by atoms with E-state index in [-0.39, 0.29) is 5.56 Å². The standard InChI is InChI=1S/C22H18IN3O2/c1-15-21(22(27)26(25(15)2)16-8-4-3-5-9-16)24-14-17-12-13-20(28-17)18-10-6-7-11-19(18)23/h3-14H,1-2H3. The molecule has 0 aliphatic carbocycles. The second kappa shape index (κ2) is 7.63. The van der Waals surface area contributed by atoms with Crippen LogP contribution in [0.25, 0.3) is 17.0 Å². The summed E-state index contributed by atoms with van der Waals surface area (Å²) in [6.45, 7) is 1.88. The molecule has 5 nitrogen and oxygen atoms in total. The van der Waals surface area contributed by atoms with Gasteiger partial charge in [-0.05, 0) is 59.8 Å². The third-order valence-electron chi connectivity index (χ3n) is 4.61. The Kier molecular flexibility index (Phi) is 5.04. The molecule has 140 valence electrons. The number of hydrogen-bond acceptors (Lipinski definition) is 3. The van der Waals surface area contributed by atoms with Gasteiger partial charge in [0.05, 0.1) is 17.6 Å². The molecular formula is C22H18IN3O2. The lowest BCUT2D eigenvalue weighted by Gasteiger charge is -2.07. The Morgan fingerprint density at radius 3 is 2.46 bits per heavy atom. The van der Waals surface area contributed by atoms with Crippen molar-refractivity contribution in [3.63, 3.8) is 0 Å². The summed E-state index contributed by atoms with van der Waals surface area (Å²) in [4.78, 5) is 17.3. The number of nitrogens with zero attached hydrogens (tertiary/aromatic N) is 3. The smallest absolute Gasteiger partial charge is 0.297 e. The zero-order chi connectivity index (χ0) is 19.7. The highest BCUT2D eigenvalue weighted by atomic mass is 127. The van der Waals surface area contributed by atoms with Crippen LogP contribution in [0.15, 0.2) is 80.9 Å². The molecule has 0 fully saturated rings. The van der Waals surface area contributed by atoms with Gasteiger partial charge in [0, 0.05) is 16.2 Å². The number of benzene rings is 2. The van der Waals surface area contributed by atoms with Crippen molar-refractivity contribution in [2.45, 2.75) is 6.92 Å². The van der Waals surface area contributed by atoms with Gasteiger partial charge in [-0.1, -0.05) is 36.4 Å². The summed E-state index contributed by atoms with van der Waals surface area (Å²) in [7, 11) is 1.85. The number of rotatable bonds is 4. The fraction of sp³-hybridized carbons (Fsp3) is 0.0909. The fourth-order valence-electron chi connectivity index (χ4n) is 3.06. The molecule has 4 aromatic rings. The maximum Gasteiger partial charge on any atom is 0.297 e. The molecule has 0 bridgehead atoms. The molecule has 2 aromatic heterocycles. The molecule has 0 spiro atoms. The molecule has 0 unspecified atom stereocenters. The van der Waals surface area contributed by atoms with E-state index in [0.717, 1.165) is 26.3 Å². The van der Waals surface area contributed by atoms with E-state index >= 15 is 0 Å². The number of aliphatic imine (C=N–C) groups is 1. The summed E-state index contributed by atoms with van der Waals surface area (Å²) >= 11 is 2.28. The molecule has 6 heteroatoms. The average Bonchev–Trinajstić information content (AvgIpc) is 3.25. The summed E-state index contributed by atoms with van der Waals surface area (Å²) in [5, 5.41) is 0. The van der Waals surface area contributed by atoms with Gasteiger partial charge in [-0.15, -0.1) is 0 Å². The van der Waals surface area contributed by atoms with Crippen LogP contribution in [-0.2, 0) is 7.05 Å². The lowest BCUT2D eigenvalue weighted by atomic mass is 10.2. The Labute approximate surface area is 176 Å². The summed E-state index contributed by atoms with van der Waals surface area (Å²) in [5.74, 6) is 1.38. The second-order valence-electron chi connectivity index (χ2n) is 6.35. The molecule has 0 N–H and O–H groups in total. The minimum atomic E-state index is -0.160. The van der Waals surface area contributed by atoms with Crippen molar-refractivity contribution in [1.29, 1.82) is 0 Å². The van der Waals surface area contributed by atoms with Gasteiger partial charge in [-0.3, -0.25) is 9.48 Å². The van der Waals surface area contributed by atoms with E-state index in [1.807, 2.05) is 85.4 Å². The molecule has 0 radical (unpaired) electrons. The van der Waals surface area contributed by atoms with Crippen molar-refractivity contribution >= 4 is 34.5 Å². The minimum absolute atomic E-state index is 0.160. The average molecular weight is 483 g/mol. The Bertz CT molecular complexity index is 1220. The van der Waals surface area contributed by atoms with E-state index in [9.17, 15) is 4.79 Å². The molecule has 2 heterocycles. The van der Waals surface area contributed by atoms with Crippen LogP contribution < -0.4 is 5.56 Å². The Hall–Kier alpha value is -2.87. The zero-order valence-electron chi connectivity index (χ0n) is 15.5. The van der Waals surface area contributed by atoms with Crippen molar-refractivity contribution in [3.8, 4) is 17.0 Å². The summed E-state index contributed by atoms with van der Waals surface area (Å²) in [5.41, 5.74) is 2.86. The lowest BCUT2D eigenvalue weighted by Crippen LogP contribution is -2.19. The van der Waals surface area contributed by atoms with E-state index in [0.29, 0.717) is 11.4 Å². The topological polar surface area (TPSA) is 52.4 Å². The van der Waals surface area contributed by atoms with Gasteiger partial charge in [0.15, 0.2) is 5.69 Å². The van der Waals surface area contributed by atoms with E-state index < -0.39 is 0 Å². The first-order valence-corrected chi connectivity index (χ1v) is 9.87. The number of halogens is 1. The van der Waals surface area contributed by atoms with Crippen molar-refractivity contribution in [2.75, 3.05) is 0 Å². The van der Waals surface area contributed by atoms with Gasteiger partial charge in [0.1, 0.15) is 11.5 Å². The Balaban J connectivity index is 1.68. The molecule has 4 rings (SSSR count). The molecule has 0 aliphatic rings. The predicted octanol–water partition coefficient (Wildman–Crippen LogP) is 5.10. The van der Waals surface area contributed by atoms with Crippen LogP contribution in [0.5, 0.6) is 0 Å². The van der Waals surface area contributed by atoms with Crippen LogP contribution in [0.2, 0.25) is 0 Å². The second-order valence-corrected chi connectivity index (χ2v) is 7.51. The monoisotopic (exact) mass is 483 g/mol.